The summed E-state index contributed by atoms with van der Waals surface area (Å²) in [4.78, 5) is 13.9. The predicted molar refractivity (Wildman–Crippen MR) is 117 cm³/mol. The Balaban J connectivity index is 2.06. The van der Waals surface area contributed by atoms with Crippen molar-refractivity contribution in [2.45, 2.75) is 43.6 Å². The molecule has 0 bridgehead atoms. The van der Waals surface area contributed by atoms with Crippen LogP contribution in [-0.2, 0) is 24.5 Å². The average molecular weight is 448 g/mol. The number of nitrogens with zero attached hydrogens (tertiary/aromatic N) is 1. The van der Waals surface area contributed by atoms with Crippen LogP contribution in [0.3, 0.4) is 0 Å². The summed E-state index contributed by atoms with van der Waals surface area (Å²) in [6, 6.07) is 12.0. The Kier molecular flexibility index (Phi) is 6.62. The molecule has 8 heteroatoms. The van der Waals surface area contributed by atoms with E-state index in [0.717, 1.165) is 11.1 Å². The normalized spacial score (nSPS) is 21.2. The second-order valence-corrected chi connectivity index (χ2v) is 9.40. The molecule has 0 aliphatic carbocycles. The minimum atomic E-state index is -4.02. The van der Waals surface area contributed by atoms with Crippen molar-refractivity contribution in [1.82, 2.24) is 4.90 Å². The van der Waals surface area contributed by atoms with Gasteiger partial charge >= 0.3 is 0 Å². The van der Waals surface area contributed by atoms with Crippen molar-refractivity contribution in [3.05, 3.63) is 53.6 Å². The standard InChI is InChI=1S/C23H29NO6S/c1-6-23(18-9-12-20(28-4)21(13-18)29-5)15-24(17(3)25)14-22(23)30-31(26,27)19-10-7-16(2)8-11-19/h7-13,22H,6,14-15H2,1-5H3/t22-,23+/m0/s1. The van der Waals surface area contributed by atoms with Gasteiger partial charge in [0.2, 0.25) is 5.91 Å². The lowest BCUT2D eigenvalue weighted by Gasteiger charge is -2.34. The van der Waals surface area contributed by atoms with Crippen LogP contribution < -0.4 is 9.47 Å². The fourth-order valence-corrected chi connectivity index (χ4v) is 5.26. The summed E-state index contributed by atoms with van der Waals surface area (Å²) in [5, 5.41) is 0. The first-order valence-corrected chi connectivity index (χ1v) is 11.6. The van der Waals surface area contributed by atoms with E-state index in [4.69, 9.17) is 13.7 Å². The lowest BCUT2D eigenvalue weighted by molar-refractivity contribution is -0.128. The van der Waals surface area contributed by atoms with Gasteiger partial charge in [0, 0.05) is 25.4 Å². The number of likely N-dealkylation sites (tertiary alicyclic amines) is 1. The highest BCUT2D eigenvalue weighted by molar-refractivity contribution is 7.86. The molecule has 168 valence electrons. The van der Waals surface area contributed by atoms with Gasteiger partial charge in [-0.1, -0.05) is 30.7 Å². The lowest BCUT2D eigenvalue weighted by atomic mass is 9.75. The molecule has 2 aromatic carbocycles. The summed E-state index contributed by atoms with van der Waals surface area (Å²) in [5.74, 6) is 0.982. The molecule has 0 saturated carbocycles. The second-order valence-electron chi connectivity index (χ2n) is 7.83. The summed E-state index contributed by atoms with van der Waals surface area (Å²) in [7, 11) is -0.917. The first-order valence-electron chi connectivity index (χ1n) is 10.1. The highest BCUT2D eigenvalue weighted by atomic mass is 32.2. The number of ether oxygens (including phenoxy) is 2. The van der Waals surface area contributed by atoms with Crippen LogP contribution in [0.25, 0.3) is 0 Å². The van der Waals surface area contributed by atoms with Gasteiger partial charge in [-0.25, -0.2) is 0 Å². The van der Waals surface area contributed by atoms with Crippen LogP contribution in [0.4, 0.5) is 0 Å². The largest absolute Gasteiger partial charge is 0.493 e. The molecule has 0 aromatic heterocycles. The summed E-state index contributed by atoms with van der Waals surface area (Å²) in [6.45, 7) is 5.87. The quantitative estimate of drug-likeness (QED) is 0.606. The zero-order valence-corrected chi connectivity index (χ0v) is 19.4. The summed E-state index contributed by atoms with van der Waals surface area (Å²) < 4.78 is 42.7. The molecule has 7 nitrogen and oxygen atoms in total. The molecular weight excluding hydrogens is 418 g/mol. The Morgan fingerprint density at radius 2 is 1.74 bits per heavy atom. The molecule has 0 N–H and O–H groups in total. The van der Waals surface area contributed by atoms with E-state index in [-0.39, 0.29) is 17.3 Å². The number of rotatable bonds is 7. The summed E-state index contributed by atoms with van der Waals surface area (Å²) >= 11 is 0. The van der Waals surface area contributed by atoms with Crippen molar-refractivity contribution < 1.29 is 26.9 Å². The second kappa shape index (κ2) is 8.88. The first kappa shape index (κ1) is 23.1. The first-order chi connectivity index (χ1) is 14.7. The van der Waals surface area contributed by atoms with E-state index < -0.39 is 21.6 Å². The molecule has 1 aliphatic rings. The van der Waals surface area contributed by atoms with E-state index >= 15 is 0 Å². The lowest BCUT2D eigenvalue weighted by Crippen LogP contribution is -2.41. The minimum absolute atomic E-state index is 0.0942. The van der Waals surface area contributed by atoms with E-state index in [1.54, 1.807) is 37.3 Å². The number of methoxy groups -OCH3 is 2. The molecule has 1 amide bonds. The molecule has 0 radical (unpaired) electrons. The Morgan fingerprint density at radius 1 is 1.10 bits per heavy atom. The van der Waals surface area contributed by atoms with Gasteiger partial charge < -0.3 is 14.4 Å². The summed E-state index contributed by atoms with van der Waals surface area (Å²) in [5.41, 5.74) is 1.07. The van der Waals surface area contributed by atoms with Crippen molar-refractivity contribution in [1.29, 1.82) is 0 Å². The summed E-state index contributed by atoms with van der Waals surface area (Å²) in [6.07, 6.45) is -0.175. The molecule has 1 saturated heterocycles. The van der Waals surface area contributed by atoms with Gasteiger partial charge in [0.1, 0.15) is 6.10 Å². The van der Waals surface area contributed by atoms with E-state index in [2.05, 4.69) is 0 Å². The van der Waals surface area contributed by atoms with Gasteiger partial charge in [-0.2, -0.15) is 8.42 Å². The SMILES string of the molecule is CC[C@]1(c2ccc(OC)c(OC)c2)CN(C(C)=O)C[C@@H]1OS(=O)(=O)c1ccc(C)cc1. The maximum absolute atomic E-state index is 13.1. The van der Waals surface area contributed by atoms with Crippen molar-refractivity contribution in [3.8, 4) is 11.5 Å². The molecule has 31 heavy (non-hydrogen) atoms. The van der Waals surface area contributed by atoms with Crippen LogP contribution in [0, 0.1) is 6.92 Å². The number of amides is 1. The van der Waals surface area contributed by atoms with Crippen LogP contribution in [0.15, 0.2) is 47.4 Å². The fraction of sp³-hybridized carbons (Fsp3) is 0.435. The fourth-order valence-electron chi connectivity index (χ4n) is 4.12. The van der Waals surface area contributed by atoms with Crippen LogP contribution in [-0.4, -0.2) is 52.6 Å². The zero-order chi connectivity index (χ0) is 22.8. The zero-order valence-electron chi connectivity index (χ0n) is 18.5. The van der Waals surface area contributed by atoms with E-state index in [9.17, 15) is 13.2 Å². The molecule has 1 heterocycles. The van der Waals surface area contributed by atoms with E-state index in [1.165, 1.54) is 19.1 Å². The smallest absolute Gasteiger partial charge is 0.297 e. The van der Waals surface area contributed by atoms with Gasteiger partial charge in [-0.05, 0) is 43.2 Å². The third-order valence-corrected chi connectivity index (χ3v) is 7.40. The van der Waals surface area contributed by atoms with Gasteiger partial charge in [0.25, 0.3) is 10.1 Å². The van der Waals surface area contributed by atoms with Gasteiger partial charge in [-0.15, -0.1) is 0 Å². The number of hydrogen-bond donors (Lipinski definition) is 0. The van der Waals surface area contributed by atoms with Crippen LogP contribution in [0.2, 0.25) is 0 Å². The van der Waals surface area contributed by atoms with Crippen LogP contribution in [0.5, 0.6) is 11.5 Å². The van der Waals surface area contributed by atoms with Crippen molar-refractivity contribution in [2.75, 3.05) is 27.3 Å². The van der Waals surface area contributed by atoms with E-state index in [1.807, 2.05) is 26.0 Å². The van der Waals surface area contributed by atoms with E-state index in [0.29, 0.717) is 24.5 Å². The third-order valence-electron chi connectivity index (χ3n) is 6.06. The van der Waals surface area contributed by atoms with Crippen LogP contribution in [0.1, 0.15) is 31.4 Å². The monoisotopic (exact) mass is 447 g/mol. The van der Waals surface area contributed by atoms with Crippen LogP contribution >= 0.6 is 0 Å². The van der Waals surface area contributed by atoms with Gasteiger partial charge in [-0.3, -0.25) is 8.98 Å². The Morgan fingerprint density at radius 3 is 2.29 bits per heavy atom. The third kappa shape index (κ3) is 4.41. The highest BCUT2D eigenvalue weighted by Crippen LogP contribution is 2.43. The van der Waals surface area contributed by atoms with Crippen molar-refractivity contribution >= 4 is 16.0 Å². The maximum atomic E-state index is 13.1. The maximum Gasteiger partial charge on any atom is 0.297 e. The number of aryl methyl sites for hydroxylation is 1. The van der Waals surface area contributed by atoms with Gasteiger partial charge in [0.15, 0.2) is 11.5 Å². The average Bonchev–Trinajstić information content (AvgIpc) is 3.12. The molecule has 0 spiro atoms. The van der Waals surface area contributed by atoms with Crippen molar-refractivity contribution in [3.63, 3.8) is 0 Å². The van der Waals surface area contributed by atoms with Gasteiger partial charge in [0.05, 0.1) is 19.1 Å². The predicted octanol–water partition coefficient (Wildman–Crippen LogP) is 3.30. The molecular formula is C23H29NO6S. The molecule has 1 fully saturated rings. The number of carbonyl (C=O) groups is 1. The molecule has 3 rings (SSSR count). The Hall–Kier alpha value is -2.58. The number of benzene rings is 2. The Bertz CT molecular complexity index is 1050. The number of carbonyl (C=O) groups excluding carboxylic acids is 1. The molecule has 1 aliphatic heterocycles. The highest BCUT2D eigenvalue weighted by Gasteiger charge is 2.50. The molecule has 0 unspecified atom stereocenters. The number of hydrogen-bond acceptors (Lipinski definition) is 6. The topological polar surface area (TPSA) is 82.1 Å². The molecule has 2 aromatic rings. The molecule has 2 atom stereocenters. The Labute approximate surface area is 184 Å². The minimum Gasteiger partial charge on any atom is -0.493 e. The van der Waals surface area contributed by atoms with Crippen molar-refractivity contribution in [2.24, 2.45) is 0 Å².